The van der Waals surface area contributed by atoms with Gasteiger partial charge in [0.25, 0.3) is 0 Å². The minimum atomic E-state index is -0.509. The fraction of sp³-hybridized carbons (Fsp3) is 0.882. The average molecular weight is 328 g/mol. The van der Waals surface area contributed by atoms with Gasteiger partial charge in [-0.2, -0.15) is 0 Å². The molecule has 0 bridgehead atoms. The molecule has 1 aliphatic heterocycles. The monoisotopic (exact) mass is 328 g/mol. The van der Waals surface area contributed by atoms with Crippen LogP contribution in [0.2, 0.25) is 0 Å². The second kappa shape index (κ2) is 8.52. The van der Waals surface area contributed by atoms with Gasteiger partial charge in [-0.15, -0.1) is 0 Å². The summed E-state index contributed by atoms with van der Waals surface area (Å²) in [5, 5.41) is 0. The quantitative estimate of drug-likeness (QED) is 0.728. The molecular formula is C17H32N2O4. The highest BCUT2D eigenvalue weighted by atomic mass is 16.6. The van der Waals surface area contributed by atoms with Crippen LogP contribution < -0.4 is 0 Å². The second-order valence-electron chi connectivity index (χ2n) is 7.33. The summed E-state index contributed by atoms with van der Waals surface area (Å²) < 4.78 is 10.5. The predicted molar refractivity (Wildman–Crippen MR) is 89.3 cm³/mol. The predicted octanol–water partition coefficient (Wildman–Crippen LogP) is 2.66. The molecule has 0 aromatic rings. The number of rotatable bonds is 5. The minimum absolute atomic E-state index is 0.0449. The van der Waals surface area contributed by atoms with Gasteiger partial charge in [0, 0.05) is 33.2 Å². The number of carbonyl (C=O) groups excluding carboxylic acids is 2. The molecule has 0 aliphatic carbocycles. The number of ether oxygens (including phenoxy) is 2. The van der Waals surface area contributed by atoms with E-state index in [-0.39, 0.29) is 24.1 Å². The first-order valence-corrected chi connectivity index (χ1v) is 8.43. The molecule has 23 heavy (non-hydrogen) atoms. The topological polar surface area (TPSA) is 59.1 Å². The highest BCUT2D eigenvalue weighted by molar-refractivity contribution is 5.77. The summed E-state index contributed by atoms with van der Waals surface area (Å²) in [5.74, 6) is 0.156. The molecule has 1 rings (SSSR count). The van der Waals surface area contributed by atoms with Gasteiger partial charge < -0.3 is 14.4 Å². The van der Waals surface area contributed by atoms with Gasteiger partial charge in [-0.3, -0.25) is 9.69 Å². The van der Waals surface area contributed by atoms with Crippen molar-refractivity contribution in [1.29, 1.82) is 0 Å². The Hall–Kier alpha value is -1.30. The molecule has 1 fully saturated rings. The van der Waals surface area contributed by atoms with Gasteiger partial charge in [0.15, 0.2) is 0 Å². The van der Waals surface area contributed by atoms with Crippen molar-refractivity contribution in [1.82, 2.24) is 9.80 Å². The molecule has 0 spiro atoms. The molecule has 6 heteroatoms. The van der Waals surface area contributed by atoms with E-state index < -0.39 is 5.60 Å². The lowest BCUT2D eigenvalue weighted by atomic mass is 10.1. The van der Waals surface area contributed by atoms with Crippen LogP contribution in [0, 0.1) is 0 Å². The third-order valence-electron chi connectivity index (χ3n) is 3.87. The van der Waals surface area contributed by atoms with Crippen molar-refractivity contribution in [3.63, 3.8) is 0 Å². The van der Waals surface area contributed by atoms with E-state index in [9.17, 15) is 9.59 Å². The maximum absolute atomic E-state index is 12.3. The summed E-state index contributed by atoms with van der Waals surface area (Å²) in [5.41, 5.74) is -0.509. The number of methoxy groups -OCH3 is 1. The number of hydrogen-bond donors (Lipinski definition) is 0. The molecule has 0 radical (unpaired) electrons. The van der Waals surface area contributed by atoms with Gasteiger partial charge in [0.2, 0.25) is 5.91 Å². The van der Waals surface area contributed by atoms with Crippen molar-refractivity contribution >= 4 is 12.0 Å². The van der Waals surface area contributed by atoms with Crippen LogP contribution in [0.3, 0.4) is 0 Å². The zero-order valence-corrected chi connectivity index (χ0v) is 15.4. The van der Waals surface area contributed by atoms with Crippen molar-refractivity contribution in [3.8, 4) is 0 Å². The molecule has 0 N–H and O–H groups in total. The number of nitrogens with zero attached hydrogens (tertiary/aromatic N) is 2. The maximum atomic E-state index is 12.3. The van der Waals surface area contributed by atoms with Gasteiger partial charge in [0.1, 0.15) is 5.60 Å². The maximum Gasteiger partial charge on any atom is 0.410 e. The van der Waals surface area contributed by atoms with Crippen molar-refractivity contribution in [2.75, 3.05) is 26.8 Å². The number of unbranched alkanes of at least 4 members (excludes halogenated alkanes) is 1. The first-order chi connectivity index (χ1) is 10.7. The van der Waals surface area contributed by atoms with Crippen molar-refractivity contribution in [2.24, 2.45) is 0 Å². The minimum Gasteiger partial charge on any atom is -0.444 e. The summed E-state index contributed by atoms with van der Waals surface area (Å²) in [7, 11) is 1.67. The van der Waals surface area contributed by atoms with Crippen LogP contribution in [0.4, 0.5) is 4.79 Å². The highest BCUT2D eigenvalue weighted by Crippen LogP contribution is 2.20. The molecule has 2 unspecified atom stereocenters. The Balaban J connectivity index is 2.55. The lowest BCUT2D eigenvalue weighted by Crippen LogP contribution is -2.60. The number of hydrogen-bond acceptors (Lipinski definition) is 4. The Morgan fingerprint density at radius 1 is 1.09 bits per heavy atom. The van der Waals surface area contributed by atoms with E-state index >= 15 is 0 Å². The van der Waals surface area contributed by atoms with Crippen LogP contribution >= 0.6 is 0 Å². The van der Waals surface area contributed by atoms with Gasteiger partial charge in [-0.25, -0.2) is 4.79 Å². The van der Waals surface area contributed by atoms with Crippen LogP contribution in [0.15, 0.2) is 0 Å². The Labute approximate surface area is 140 Å². The summed E-state index contributed by atoms with van der Waals surface area (Å²) >= 11 is 0. The SMILES string of the molecule is COCCCCC(=O)N1CC(C)N(C(=O)OC(C)(C)C)C(C)C1. The molecule has 1 heterocycles. The average Bonchev–Trinajstić information content (AvgIpc) is 2.40. The molecule has 0 saturated carbocycles. The molecule has 2 atom stereocenters. The summed E-state index contributed by atoms with van der Waals surface area (Å²) in [6.45, 7) is 11.3. The molecule has 0 aromatic carbocycles. The fourth-order valence-corrected chi connectivity index (χ4v) is 2.88. The zero-order chi connectivity index (χ0) is 17.6. The zero-order valence-electron chi connectivity index (χ0n) is 15.4. The second-order valence-corrected chi connectivity index (χ2v) is 7.33. The molecule has 1 aliphatic rings. The van der Waals surface area contributed by atoms with E-state index in [1.165, 1.54) is 0 Å². The summed E-state index contributed by atoms with van der Waals surface area (Å²) in [6.07, 6.45) is 1.96. The van der Waals surface area contributed by atoms with Crippen LogP contribution in [-0.2, 0) is 14.3 Å². The standard InChI is InChI=1S/C17H32N2O4/c1-13-11-18(15(20)9-7-8-10-22-6)12-14(2)19(13)16(21)23-17(3,4)5/h13-14H,7-12H2,1-6H3. The molecule has 2 amide bonds. The molecule has 134 valence electrons. The first-order valence-electron chi connectivity index (χ1n) is 8.43. The lowest BCUT2D eigenvalue weighted by molar-refractivity contribution is -0.135. The third-order valence-corrected chi connectivity index (χ3v) is 3.87. The van der Waals surface area contributed by atoms with Crippen LogP contribution in [-0.4, -0.2) is 66.3 Å². The smallest absolute Gasteiger partial charge is 0.410 e. The molecule has 0 aromatic heterocycles. The van der Waals surface area contributed by atoms with Crippen LogP contribution in [0.25, 0.3) is 0 Å². The van der Waals surface area contributed by atoms with E-state index in [0.29, 0.717) is 26.1 Å². The number of amides is 2. The summed E-state index contributed by atoms with van der Waals surface area (Å²) in [6, 6.07) is -0.0898. The van der Waals surface area contributed by atoms with Crippen LogP contribution in [0.1, 0.15) is 53.9 Å². The first kappa shape index (κ1) is 19.7. The number of carbonyl (C=O) groups is 2. The number of piperazine rings is 1. The van der Waals surface area contributed by atoms with Gasteiger partial charge in [-0.05, 0) is 47.5 Å². The Kier molecular flexibility index (Phi) is 7.32. The van der Waals surface area contributed by atoms with Gasteiger partial charge in [0.05, 0.1) is 12.1 Å². The van der Waals surface area contributed by atoms with E-state index in [0.717, 1.165) is 12.8 Å². The lowest BCUT2D eigenvalue weighted by Gasteiger charge is -2.44. The van der Waals surface area contributed by atoms with Gasteiger partial charge in [-0.1, -0.05) is 0 Å². The Bertz CT molecular complexity index is 394. The van der Waals surface area contributed by atoms with E-state index in [4.69, 9.17) is 9.47 Å². The molecule has 6 nitrogen and oxygen atoms in total. The van der Waals surface area contributed by atoms with Gasteiger partial charge >= 0.3 is 6.09 Å². The normalized spacial score (nSPS) is 22.2. The molecule has 1 saturated heterocycles. The Morgan fingerprint density at radius 2 is 1.65 bits per heavy atom. The van der Waals surface area contributed by atoms with E-state index in [2.05, 4.69) is 0 Å². The van der Waals surface area contributed by atoms with Crippen molar-refractivity contribution in [2.45, 2.75) is 71.6 Å². The largest absolute Gasteiger partial charge is 0.444 e. The highest BCUT2D eigenvalue weighted by Gasteiger charge is 2.36. The van der Waals surface area contributed by atoms with Crippen molar-refractivity contribution < 1.29 is 19.1 Å². The third kappa shape index (κ3) is 6.37. The van der Waals surface area contributed by atoms with E-state index in [1.807, 2.05) is 39.5 Å². The van der Waals surface area contributed by atoms with Crippen molar-refractivity contribution in [3.05, 3.63) is 0 Å². The fourth-order valence-electron chi connectivity index (χ4n) is 2.88. The molecular weight excluding hydrogens is 296 g/mol. The van der Waals surface area contributed by atoms with E-state index in [1.54, 1.807) is 12.0 Å². The van der Waals surface area contributed by atoms with Crippen LogP contribution in [0.5, 0.6) is 0 Å². The Morgan fingerprint density at radius 3 is 2.13 bits per heavy atom. The summed E-state index contributed by atoms with van der Waals surface area (Å²) in [4.78, 5) is 28.3.